The first-order valence-electron chi connectivity index (χ1n) is 5.61. The largest absolute Gasteiger partial charge is 0.368 e. The summed E-state index contributed by atoms with van der Waals surface area (Å²) in [6.45, 7) is 1.81. The van der Waals surface area contributed by atoms with E-state index >= 15 is 0 Å². The molecule has 0 aliphatic heterocycles. The van der Waals surface area contributed by atoms with E-state index in [1.165, 1.54) is 0 Å². The van der Waals surface area contributed by atoms with Crippen molar-refractivity contribution in [2.75, 3.05) is 11.9 Å². The molecule has 2 rings (SSSR count). The Labute approximate surface area is 101 Å². The molecular formula is C14H16N2O. The zero-order valence-electron chi connectivity index (χ0n) is 10.1. The van der Waals surface area contributed by atoms with E-state index < -0.39 is 0 Å². The molecule has 2 N–H and O–H groups in total. The van der Waals surface area contributed by atoms with Crippen molar-refractivity contribution >= 4 is 22.4 Å². The van der Waals surface area contributed by atoms with E-state index in [0.717, 1.165) is 16.5 Å². The summed E-state index contributed by atoms with van der Waals surface area (Å²) < 4.78 is 0. The zero-order chi connectivity index (χ0) is 12.4. The van der Waals surface area contributed by atoms with Gasteiger partial charge in [0, 0.05) is 18.1 Å². The summed E-state index contributed by atoms with van der Waals surface area (Å²) in [5, 5.41) is 2.29. The first kappa shape index (κ1) is 11.5. The molecule has 3 heteroatoms. The van der Waals surface area contributed by atoms with E-state index in [1.54, 1.807) is 0 Å². The predicted octanol–water partition coefficient (Wildman–Crippen LogP) is 2.15. The van der Waals surface area contributed by atoms with Crippen molar-refractivity contribution in [2.24, 2.45) is 5.73 Å². The lowest BCUT2D eigenvalue weighted by molar-refractivity contribution is -0.118. The monoisotopic (exact) mass is 228 g/mol. The van der Waals surface area contributed by atoms with Gasteiger partial charge < -0.3 is 10.6 Å². The fraction of sp³-hybridized carbons (Fsp3) is 0.214. The molecule has 88 valence electrons. The Hall–Kier alpha value is -2.03. The molecular weight excluding hydrogens is 212 g/mol. The third kappa shape index (κ3) is 2.09. The molecule has 0 aliphatic carbocycles. The first-order chi connectivity index (χ1) is 8.11. The number of hydrogen-bond acceptors (Lipinski definition) is 2. The lowest BCUT2D eigenvalue weighted by Gasteiger charge is -2.25. The Bertz CT molecular complexity index is 545. The van der Waals surface area contributed by atoms with Crippen molar-refractivity contribution in [3.8, 4) is 0 Å². The predicted molar refractivity (Wildman–Crippen MR) is 71.0 cm³/mol. The minimum Gasteiger partial charge on any atom is -0.368 e. The Balaban J connectivity index is 2.52. The average Bonchev–Trinajstić information content (AvgIpc) is 2.36. The third-order valence-corrected chi connectivity index (χ3v) is 3.14. The maximum Gasteiger partial charge on any atom is 0.239 e. The van der Waals surface area contributed by atoms with Gasteiger partial charge in [0.05, 0.1) is 0 Å². The van der Waals surface area contributed by atoms with Crippen molar-refractivity contribution in [3.05, 3.63) is 42.5 Å². The van der Waals surface area contributed by atoms with Crippen LogP contribution in [0.15, 0.2) is 42.5 Å². The van der Waals surface area contributed by atoms with Gasteiger partial charge in [0.25, 0.3) is 0 Å². The van der Waals surface area contributed by atoms with Gasteiger partial charge in [0.1, 0.15) is 6.04 Å². The molecule has 0 bridgehead atoms. The SMILES string of the molecule is CC(C(N)=O)N(C)c1cccc2ccccc12. The quantitative estimate of drug-likeness (QED) is 0.875. The highest BCUT2D eigenvalue weighted by Gasteiger charge is 2.16. The van der Waals surface area contributed by atoms with Crippen molar-refractivity contribution in [3.63, 3.8) is 0 Å². The Morgan fingerprint density at radius 1 is 1.18 bits per heavy atom. The van der Waals surface area contributed by atoms with Crippen LogP contribution in [0.4, 0.5) is 5.69 Å². The molecule has 0 spiro atoms. The smallest absolute Gasteiger partial charge is 0.239 e. The molecule has 0 aromatic heterocycles. The number of carbonyl (C=O) groups excluding carboxylic acids is 1. The fourth-order valence-corrected chi connectivity index (χ4v) is 1.92. The first-order valence-corrected chi connectivity index (χ1v) is 5.61. The Morgan fingerprint density at radius 2 is 1.82 bits per heavy atom. The molecule has 1 atom stereocenters. The molecule has 0 heterocycles. The lowest BCUT2D eigenvalue weighted by atomic mass is 10.1. The molecule has 2 aromatic carbocycles. The second kappa shape index (κ2) is 4.45. The fourth-order valence-electron chi connectivity index (χ4n) is 1.92. The van der Waals surface area contributed by atoms with Crippen LogP contribution >= 0.6 is 0 Å². The molecule has 0 aliphatic rings. The van der Waals surface area contributed by atoms with Gasteiger partial charge in [-0.2, -0.15) is 0 Å². The highest BCUT2D eigenvalue weighted by atomic mass is 16.1. The van der Waals surface area contributed by atoms with Crippen LogP contribution in [0.1, 0.15) is 6.92 Å². The topological polar surface area (TPSA) is 46.3 Å². The minimum atomic E-state index is -0.319. The van der Waals surface area contributed by atoms with Crippen molar-refractivity contribution < 1.29 is 4.79 Å². The van der Waals surface area contributed by atoms with Gasteiger partial charge in [-0.05, 0) is 18.4 Å². The molecule has 1 unspecified atom stereocenters. The number of likely N-dealkylation sites (N-methyl/N-ethyl adjacent to an activating group) is 1. The molecule has 1 amide bonds. The molecule has 3 nitrogen and oxygen atoms in total. The Kier molecular flexibility index (Phi) is 3.00. The number of hydrogen-bond donors (Lipinski definition) is 1. The second-order valence-electron chi connectivity index (χ2n) is 4.19. The number of rotatable bonds is 3. The van der Waals surface area contributed by atoms with Crippen LogP contribution in [0.25, 0.3) is 10.8 Å². The number of nitrogens with zero attached hydrogens (tertiary/aromatic N) is 1. The lowest BCUT2D eigenvalue weighted by Crippen LogP contribution is -2.40. The summed E-state index contributed by atoms with van der Waals surface area (Å²) in [6.07, 6.45) is 0. The van der Waals surface area contributed by atoms with Gasteiger partial charge in [0.2, 0.25) is 5.91 Å². The number of fused-ring (bicyclic) bond motifs is 1. The Morgan fingerprint density at radius 3 is 2.53 bits per heavy atom. The molecule has 0 saturated heterocycles. The van der Waals surface area contributed by atoms with Crippen LogP contribution < -0.4 is 10.6 Å². The molecule has 2 aromatic rings. The molecule has 0 radical (unpaired) electrons. The summed E-state index contributed by atoms with van der Waals surface area (Å²) in [6, 6.07) is 13.8. The van der Waals surface area contributed by atoms with E-state index in [0.29, 0.717) is 0 Å². The van der Waals surface area contributed by atoms with E-state index in [1.807, 2.05) is 43.1 Å². The van der Waals surface area contributed by atoms with Gasteiger partial charge in [-0.1, -0.05) is 36.4 Å². The van der Waals surface area contributed by atoms with Gasteiger partial charge >= 0.3 is 0 Å². The van der Waals surface area contributed by atoms with E-state index in [9.17, 15) is 4.79 Å². The van der Waals surface area contributed by atoms with Gasteiger partial charge in [0.15, 0.2) is 0 Å². The van der Waals surface area contributed by atoms with Crippen LogP contribution in [-0.2, 0) is 4.79 Å². The van der Waals surface area contributed by atoms with E-state index in [2.05, 4.69) is 18.2 Å². The summed E-state index contributed by atoms with van der Waals surface area (Å²) in [5.74, 6) is -0.319. The second-order valence-corrected chi connectivity index (χ2v) is 4.19. The summed E-state index contributed by atoms with van der Waals surface area (Å²) in [7, 11) is 1.89. The van der Waals surface area contributed by atoms with Crippen LogP contribution in [0.2, 0.25) is 0 Å². The highest BCUT2D eigenvalue weighted by Crippen LogP contribution is 2.26. The van der Waals surface area contributed by atoms with E-state index in [-0.39, 0.29) is 11.9 Å². The summed E-state index contributed by atoms with van der Waals surface area (Å²) >= 11 is 0. The summed E-state index contributed by atoms with van der Waals surface area (Å²) in [5.41, 5.74) is 6.36. The highest BCUT2D eigenvalue weighted by molar-refractivity contribution is 5.96. The number of amides is 1. The number of primary amides is 1. The van der Waals surface area contributed by atoms with Crippen molar-refractivity contribution in [1.82, 2.24) is 0 Å². The van der Waals surface area contributed by atoms with Crippen LogP contribution in [0.3, 0.4) is 0 Å². The number of nitrogens with two attached hydrogens (primary N) is 1. The minimum absolute atomic E-state index is 0.319. The number of anilines is 1. The average molecular weight is 228 g/mol. The van der Waals surface area contributed by atoms with Gasteiger partial charge in [-0.3, -0.25) is 4.79 Å². The van der Waals surface area contributed by atoms with Crippen molar-refractivity contribution in [1.29, 1.82) is 0 Å². The zero-order valence-corrected chi connectivity index (χ0v) is 10.1. The number of carbonyl (C=O) groups is 1. The third-order valence-electron chi connectivity index (χ3n) is 3.14. The van der Waals surface area contributed by atoms with E-state index in [4.69, 9.17) is 5.73 Å². The van der Waals surface area contributed by atoms with Gasteiger partial charge in [-0.25, -0.2) is 0 Å². The maximum atomic E-state index is 11.2. The summed E-state index contributed by atoms with van der Waals surface area (Å²) in [4.78, 5) is 13.1. The molecule has 17 heavy (non-hydrogen) atoms. The van der Waals surface area contributed by atoms with Crippen LogP contribution in [0, 0.1) is 0 Å². The number of benzene rings is 2. The molecule has 0 fully saturated rings. The normalized spacial score (nSPS) is 12.4. The van der Waals surface area contributed by atoms with Crippen molar-refractivity contribution in [2.45, 2.75) is 13.0 Å². The van der Waals surface area contributed by atoms with Crippen LogP contribution in [0.5, 0.6) is 0 Å². The standard InChI is InChI=1S/C14H16N2O/c1-10(14(15)17)16(2)13-9-5-7-11-6-3-4-8-12(11)13/h3-10H,1-2H3,(H2,15,17). The maximum absolute atomic E-state index is 11.2. The molecule has 0 saturated carbocycles. The van der Waals surface area contributed by atoms with Crippen LogP contribution in [-0.4, -0.2) is 19.0 Å². The van der Waals surface area contributed by atoms with Gasteiger partial charge in [-0.15, -0.1) is 0 Å².